The predicted octanol–water partition coefficient (Wildman–Crippen LogP) is 2.65. The molecule has 1 aromatic carbocycles. The number of hydrogen-bond donors (Lipinski definition) is 1. The summed E-state index contributed by atoms with van der Waals surface area (Å²) in [6.45, 7) is 2.79. The topological polar surface area (TPSA) is 35.2 Å². The molecular formula is C12H16ClNO. The summed E-state index contributed by atoms with van der Waals surface area (Å²) in [5.41, 5.74) is 8.53. The van der Waals surface area contributed by atoms with E-state index in [0.29, 0.717) is 11.6 Å². The maximum atomic E-state index is 6.06. The first-order chi connectivity index (χ1) is 7.13. The summed E-state index contributed by atoms with van der Waals surface area (Å²) in [5.74, 6) is 0.747. The minimum Gasteiger partial charge on any atom is -0.495 e. The largest absolute Gasteiger partial charge is 0.495 e. The van der Waals surface area contributed by atoms with Gasteiger partial charge >= 0.3 is 0 Å². The van der Waals surface area contributed by atoms with Gasteiger partial charge in [0.05, 0.1) is 12.1 Å². The first kappa shape index (κ1) is 10.8. The zero-order valence-corrected chi connectivity index (χ0v) is 9.90. The molecule has 0 aliphatic heterocycles. The molecule has 2 nitrogen and oxygen atoms in total. The molecule has 1 aromatic rings. The Labute approximate surface area is 95.4 Å². The Hall–Kier alpha value is -0.730. The van der Waals surface area contributed by atoms with Crippen LogP contribution in [0.2, 0.25) is 5.02 Å². The lowest BCUT2D eigenvalue weighted by atomic mass is 9.92. The van der Waals surface area contributed by atoms with Gasteiger partial charge in [0.15, 0.2) is 0 Å². The lowest BCUT2D eigenvalue weighted by Crippen LogP contribution is -2.20. The molecule has 1 fully saturated rings. The fraction of sp³-hybridized carbons (Fsp3) is 0.500. The van der Waals surface area contributed by atoms with Crippen molar-refractivity contribution in [3.63, 3.8) is 0 Å². The quantitative estimate of drug-likeness (QED) is 0.859. The highest BCUT2D eigenvalue weighted by atomic mass is 35.5. The van der Waals surface area contributed by atoms with Crippen LogP contribution >= 0.6 is 11.6 Å². The van der Waals surface area contributed by atoms with E-state index in [2.05, 4.69) is 6.92 Å². The second-order valence-corrected chi connectivity index (χ2v) is 4.69. The second kappa shape index (κ2) is 3.69. The molecule has 0 unspecified atom stereocenters. The number of hydrogen-bond acceptors (Lipinski definition) is 2. The van der Waals surface area contributed by atoms with E-state index in [1.807, 2.05) is 12.1 Å². The van der Waals surface area contributed by atoms with Crippen LogP contribution in [-0.2, 0) is 5.41 Å². The monoisotopic (exact) mass is 225 g/mol. The number of ether oxygens (including phenoxy) is 1. The number of benzene rings is 1. The fourth-order valence-electron chi connectivity index (χ4n) is 2.11. The molecule has 0 amide bonds. The Bertz CT molecular complexity index is 385. The summed E-state index contributed by atoms with van der Waals surface area (Å²) < 4.78 is 5.24. The van der Waals surface area contributed by atoms with Gasteiger partial charge in [0.1, 0.15) is 5.75 Å². The maximum Gasteiger partial charge on any atom is 0.137 e. The van der Waals surface area contributed by atoms with Gasteiger partial charge in [0.2, 0.25) is 0 Å². The highest BCUT2D eigenvalue weighted by molar-refractivity contribution is 6.32. The van der Waals surface area contributed by atoms with Gasteiger partial charge in [0.25, 0.3) is 0 Å². The van der Waals surface area contributed by atoms with Crippen molar-refractivity contribution in [1.29, 1.82) is 0 Å². The van der Waals surface area contributed by atoms with Crippen LogP contribution in [0.25, 0.3) is 0 Å². The van der Waals surface area contributed by atoms with Crippen molar-refractivity contribution in [3.8, 4) is 5.75 Å². The minimum atomic E-state index is 0.196. The average Bonchev–Trinajstić information content (AvgIpc) is 2.99. The number of rotatable bonds is 3. The average molecular weight is 226 g/mol. The highest BCUT2D eigenvalue weighted by Gasteiger charge is 2.44. The third-order valence-corrected chi connectivity index (χ3v) is 3.61. The van der Waals surface area contributed by atoms with Crippen molar-refractivity contribution in [1.82, 2.24) is 0 Å². The van der Waals surface area contributed by atoms with Crippen LogP contribution in [-0.4, -0.2) is 13.7 Å². The van der Waals surface area contributed by atoms with E-state index in [1.165, 1.54) is 24.0 Å². The number of aryl methyl sites for hydroxylation is 1. The summed E-state index contributed by atoms with van der Waals surface area (Å²) in [6.07, 6.45) is 2.35. The molecule has 82 valence electrons. The van der Waals surface area contributed by atoms with Gasteiger partial charge < -0.3 is 10.5 Å². The zero-order valence-electron chi connectivity index (χ0n) is 9.14. The Morgan fingerprint density at radius 3 is 2.60 bits per heavy atom. The van der Waals surface area contributed by atoms with Crippen LogP contribution < -0.4 is 10.5 Å². The van der Waals surface area contributed by atoms with Crippen LogP contribution in [0.15, 0.2) is 12.1 Å². The van der Waals surface area contributed by atoms with Gasteiger partial charge in [-0.15, -0.1) is 0 Å². The fourth-order valence-corrected chi connectivity index (χ4v) is 2.41. The highest BCUT2D eigenvalue weighted by Crippen LogP contribution is 2.49. The first-order valence-electron chi connectivity index (χ1n) is 5.17. The summed E-state index contributed by atoms with van der Waals surface area (Å²) in [7, 11) is 1.64. The third-order valence-electron chi connectivity index (χ3n) is 3.31. The summed E-state index contributed by atoms with van der Waals surface area (Å²) in [6, 6.07) is 4.00. The molecule has 0 aromatic heterocycles. The van der Waals surface area contributed by atoms with Crippen LogP contribution in [0.3, 0.4) is 0 Å². The van der Waals surface area contributed by atoms with Gasteiger partial charge in [-0.05, 0) is 43.0 Å². The Morgan fingerprint density at radius 1 is 1.47 bits per heavy atom. The van der Waals surface area contributed by atoms with Crippen molar-refractivity contribution in [3.05, 3.63) is 28.3 Å². The van der Waals surface area contributed by atoms with E-state index in [1.54, 1.807) is 7.11 Å². The van der Waals surface area contributed by atoms with Crippen LogP contribution in [0, 0.1) is 6.92 Å². The van der Waals surface area contributed by atoms with Crippen LogP contribution in [0.1, 0.15) is 24.0 Å². The molecule has 2 rings (SSSR count). The normalized spacial score (nSPS) is 17.6. The lowest BCUT2D eigenvalue weighted by Gasteiger charge is -2.17. The Balaban J connectivity index is 2.47. The van der Waals surface area contributed by atoms with Gasteiger partial charge in [0, 0.05) is 12.0 Å². The van der Waals surface area contributed by atoms with E-state index in [0.717, 1.165) is 5.75 Å². The lowest BCUT2D eigenvalue weighted by molar-refractivity contribution is 0.413. The predicted molar refractivity (Wildman–Crippen MR) is 62.7 cm³/mol. The molecule has 0 radical (unpaired) electrons. The summed E-state index contributed by atoms with van der Waals surface area (Å²) in [5, 5.41) is 0.673. The molecule has 0 atom stereocenters. The smallest absolute Gasteiger partial charge is 0.137 e. The van der Waals surface area contributed by atoms with E-state index in [9.17, 15) is 0 Å². The molecule has 3 heteroatoms. The van der Waals surface area contributed by atoms with E-state index >= 15 is 0 Å². The van der Waals surface area contributed by atoms with Gasteiger partial charge in [-0.25, -0.2) is 0 Å². The van der Waals surface area contributed by atoms with Gasteiger partial charge in [-0.1, -0.05) is 11.6 Å². The molecule has 0 heterocycles. The first-order valence-corrected chi connectivity index (χ1v) is 5.55. The number of methoxy groups -OCH3 is 1. The molecule has 1 aliphatic carbocycles. The molecule has 0 saturated heterocycles. The second-order valence-electron chi connectivity index (χ2n) is 4.29. The van der Waals surface area contributed by atoms with E-state index < -0.39 is 0 Å². The standard InChI is InChI=1S/C12H16ClNO/c1-8-5-10(13)11(15-2)6-9(8)12(7-14)3-4-12/h5-6H,3-4,7,14H2,1-2H3. The molecule has 2 N–H and O–H groups in total. The van der Waals surface area contributed by atoms with Crippen molar-refractivity contribution >= 4 is 11.6 Å². The van der Waals surface area contributed by atoms with E-state index in [-0.39, 0.29) is 5.41 Å². The maximum absolute atomic E-state index is 6.06. The number of halogens is 1. The van der Waals surface area contributed by atoms with Crippen LogP contribution in [0.4, 0.5) is 0 Å². The van der Waals surface area contributed by atoms with Crippen molar-refractivity contribution in [2.75, 3.05) is 13.7 Å². The Morgan fingerprint density at radius 2 is 2.13 bits per heavy atom. The van der Waals surface area contributed by atoms with Crippen molar-refractivity contribution in [2.45, 2.75) is 25.2 Å². The molecule has 0 spiro atoms. The minimum absolute atomic E-state index is 0.196. The van der Waals surface area contributed by atoms with E-state index in [4.69, 9.17) is 22.1 Å². The molecular weight excluding hydrogens is 210 g/mol. The summed E-state index contributed by atoms with van der Waals surface area (Å²) >= 11 is 6.06. The van der Waals surface area contributed by atoms with Crippen LogP contribution in [0.5, 0.6) is 5.75 Å². The summed E-state index contributed by atoms with van der Waals surface area (Å²) in [4.78, 5) is 0. The SMILES string of the molecule is COc1cc(C2(CN)CC2)c(C)cc1Cl. The zero-order chi connectivity index (χ0) is 11.1. The van der Waals surface area contributed by atoms with Crippen molar-refractivity contribution in [2.24, 2.45) is 5.73 Å². The third kappa shape index (κ3) is 1.72. The Kier molecular flexibility index (Phi) is 2.65. The molecule has 0 bridgehead atoms. The number of nitrogens with two attached hydrogens (primary N) is 1. The van der Waals surface area contributed by atoms with Gasteiger partial charge in [-0.3, -0.25) is 0 Å². The van der Waals surface area contributed by atoms with Crippen molar-refractivity contribution < 1.29 is 4.74 Å². The molecule has 15 heavy (non-hydrogen) atoms. The molecule has 1 aliphatic rings. The molecule has 1 saturated carbocycles. The van der Waals surface area contributed by atoms with Gasteiger partial charge in [-0.2, -0.15) is 0 Å².